The fraction of sp³-hybridized carbons (Fsp3) is 0.222. The van der Waals surface area contributed by atoms with Gasteiger partial charge in [-0.05, 0) is 57.3 Å². The van der Waals surface area contributed by atoms with Crippen LogP contribution in [-0.2, 0) is 31.3 Å². The predicted octanol–water partition coefficient (Wildman–Crippen LogP) is 9.24. The Morgan fingerprint density at radius 3 is 1.77 bits per heavy atom. The molecule has 4 heteroatoms. The first-order valence-corrected chi connectivity index (χ1v) is 13.4. The normalized spacial score (nSPS) is 11.7. The van der Waals surface area contributed by atoms with Gasteiger partial charge < -0.3 is 5.11 Å². The summed E-state index contributed by atoms with van der Waals surface area (Å²) in [5.74, 6) is 0.207. The minimum Gasteiger partial charge on any atom is -0.507 e. The summed E-state index contributed by atoms with van der Waals surface area (Å²) in [4.78, 5) is 9.53. The Balaban J connectivity index is 0.00000370. The van der Waals surface area contributed by atoms with Crippen molar-refractivity contribution in [1.29, 1.82) is 0 Å². The largest absolute Gasteiger partial charge is 0.507 e. The van der Waals surface area contributed by atoms with Crippen LogP contribution >= 0.6 is 0 Å². The zero-order chi connectivity index (χ0) is 27.8. The number of phenols is 1. The molecule has 5 rings (SSSR count). The van der Waals surface area contributed by atoms with Gasteiger partial charge in [-0.2, -0.15) is 0 Å². The number of benzene rings is 3. The van der Waals surface area contributed by atoms with Crippen molar-refractivity contribution >= 4 is 0 Å². The van der Waals surface area contributed by atoms with Gasteiger partial charge >= 0.3 is 0 Å². The van der Waals surface area contributed by atoms with Gasteiger partial charge in [0, 0.05) is 43.6 Å². The number of pyridine rings is 2. The molecule has 0 spiro atoms. The molecule has 0 saturated heterocycles. The summed E-state index contributed by atoms with van der Waals surface area (Å²) in [7, 11) is 0. The molecule has 1 N–H and O–H groups in total. The molecule has 2 aromatic heterocycles. The number of phenolic OH excluding ortho intramolecular Hbond substituents is 1. The van der Waals surface area contributed by atoms with E-state index in [0.717, 1.165) is 39.3 Å². The Labute approximate surface area is 252 Å². The van der Waals surface area contributed by atoms with Crippen LogP contribution in [0, 0.1) is 6.07 Å². The second-order valence-electron chi connectivity index (χ2n) is 12.1. The second-order valence-corrected chi connectivity index (χ2v) is 12.1. The van der Waals surface area contributed by atoms with Crippen LogP contribution in [0.3, 0.4) is 0 Å². The smallest absolute Gasteiger partial charge is 0.124 e. The summed E-state index contributed by atoms with van der Waals surface area (Å²) in [5.41, 5.74) is 9.61. The molecule has 0 atom stereocenters. The van der Waals surface area contributed by atoms with E-state index in [1.807, 2.05) is 54.6 Å². The van der Waals surface area contributed by atoms with Gasteiger partial charge in [0.2, 0.25) is 0 Å². The van der Waals surface area contributed by atoms with Crippen LogP contribution in [-0.4, -0.2) is 15.1 Å². The van der Waals surface area contributed by atoms with Crippen molar-refractivity contribution in [2.75, 3.05) is 0 Å². The third kappa shape index (κ3) is 6.41. The van der Waals surface area contributed by atoms with E-state index >= 15 is 0 Å². The van der Waals surface area contributed by atoms with Crippen molar-refractivity contribution < 1.29 is 25.5 Å². The van der Waals surface area contributed by atoms with Gasteiger partial charge in [0.15, 0.2) is 0 Å². The number of hydrogen-bond acceptors (Lipinski definition) is 3. The van der Waals surface area contributed by atoms with Gasteiger partial charge in [0.05, 0.1) is 5.69 Å². The van der Waals surface area contributed by atoms with E-state index in [-0.39, 0.29) is 37.0 Å². The van der Waals surface area contributed by atoms with Crippen molar-refractivity contribution in [3.63, 3.8) is 0 Å². The molecule has 0 bridgehead atoms. The molecule has 3 aromatic carbocycles. The Bertz CT molecular complexity index is 1600. The van der Waals surface area contributed by atoms with Gasteiger partial charge in [0.25, 0.3) is 0 Å². The standard InChI is InChI=1S/C36H35N2O.Pd/c1-35(2,3)28-19-26(20-29(23-28)36(4,5)6)27-21-32(38-33(22-27)30-14-7-8-16-34(30)39)25-13-11-12-24(18-25)31-15-9-10-17-37-31;/h7-17,19-23,39H,1-6H3;/q-1;. The van der Waals surface area contributed by atoms with Crippen LogP contribution in [0.4, 0.5) is 0 Å². The molecule has 0 amide bonds. The fourth-order valence-corrected chi connectivity index (χ4v) is 4.61. The zero-order valence-electron chi connectivity index (χ0n) is 23.9. The first-order chi connectivity index (χ1) is 18.5. The molecule has 0 aliphatic heterocycles. The van der Waals surface area contributed by atoms with Crippen molar-refractivity contribution in [3.05, 3.63) is 114 Å². The number of hydrogen-bond donors (Lipinski definition) is 1. The Hall–Kier alpha value is -3.58. The topological polar surface area (TPSA) is 46.0 Å². The molecule has 40 heavy (non-hydrogen) atoms. The predicted molar refractivity (Wildman–Crippen MR) is 162 cm³/mol. The summed E-state index contributed by atoms with van der Waals surface area (Å²) in [6.45, 7) is 13.5. The van der Waals surface area contributed by atoms with E-state index in [0.29, 0.717) is 5.56 Å². The molecule has 0 radical (unpaired) electrons. The first-order valence-electron chi connectivity index (χ1n) is 13.4. The van der Waals surface area contributed by atoms with Crippen LogP contribution < -0.4 is 0 Å². The first kappa shape index (κ1) is 29.4. The maximum Gasteiger partial charge on any atom is 0.124 e. The summed E-state index contributed by atoms with van der Waals surface area (Å²) >= 11 is 0. The summed E-state index contributed by atoms with van der Waals surface area (Å²) in [6, 6.07) is 34.0. The van der Waals surface area contributed by atoms with Gasteiger partial charge in [-0.15, -0.1) is 24.3 Å². The molecule has 3 nitrogen and oxygen atoms in total. The average molecular weight is 618 g/mol. The quantitative estimate of drug-likeness (QED) is 0.161. The van der Waals surface area contributed by atoms with Crippen LogP contribution in [0.15, 0.2) is 97.2 Å². The maximum atomic E-state index is 10.7. The van der Waals surface area contributed by atoms with Gasteiger partial charge in [-0.25, -0.2) is 0 Å². The third-order valence-electron chi connectivity index (χ3n) is 7.02. The maximum absolute atomic E-state index is 10.7. The monoisotopic (exact) mass is 617 g/mol. The Kier molecular flexibility index (Phi) is 8.45. The molecule has 0 aliphatic rings. The van der Waals surface area contributed by atoms with E-state index in [9.17, 15) is 5.11 Å². The van der Waals surface area contributed by atoms with E-state index in [4.69, 9.17) is 4.98 Å². The molecule has 0 aliphatic carbocycles. The zero-order valence-corrected chi connectivity index (χ0v) is 25.5. The van der Waals surface area contributed by atoms with Crippen LogP contribution in [0.2, 0.25) is 0 Å². The van der Waals surface area contributed by atoms with E-state index < -0.39 is 0 Å². The SMILES string of the molecule is CC(C)(C)c1cc(-c2cc(-c3[c-]c(-c4ccccn4)ccc3)nc(-c3ccccc3O)c2)cc(C(C)(C)C)c1.[Pd]. The number of nitrogens with zero attached hydrogens (tertiary/aromatic N) is 2. The van der Waals surface area contributed by atoms with Crippen LogP contribution in [0.25, 0.3) is 44.9 Å². The van der Waals surface area contributed by atoms with Crippen LogP contribution in [0.5, 0.6) is 5.75 Å². The third-order valence-corrected chi connectivity index (χ3v) is 7.02. The number of aromatic hydroxyl groups is 1. The molecule has 0 unspecified atom stereocenters. The molecular weight excluding hydrogens is 583 g/mol. The molecule has 2 heterocycles. The van der Waals surface area contributed by atoms with Gasteiger partial charge in [0.1, 0.15) is 5.75 Å². The average Bonchev–Trinajstić information content (AvgIpc) is 2.92. The molecule has 0 fully saturated rings. The van der Waals surface area contributed by atoms with Gasteiger partial charge in [-0.1, -0.05) is 101 Å². The van der Waals surface area contributed by atoms with E-state index in [2.05, 4.69) is 82.9 Å². The Morgan fingerprint density at radius 1 is 0.600 bits per heavy atom. The van der Waals surface area contributed by atoms with Crippen molar-refractivity contribution in [3.8, 4) is 50.6 Å². The van der Waals surface area contributed by atoms with E-state index in [1.54, 1.807) is 12.3 Å². The molecule has 206 valence electrons. The summed E-state index contributed by atoms with van der Waals surface area (Å²) in [5, 5.41) is 10.7. The minimum atomic E-state index is -0.00279. The van der Waals surface area contributed by atoms with Crippen LogP contribution in [0.1, 0.15) is 52.7 Å². The second kappa shape index (κ2) is 11.5. The Morgan fingerprint density at radius 2 is 1.18 bits per heavy atom. The van der Waals surface area contributed by atoms with E-state index in [1.165, 1.54) is 11.1 Å². The summed E-state index contributed by atoms with van der Waals surface area (Å²) < 4.78 is 0. The minimum absolute atomic E-state index is 0. The molecule has 5 aromatic rings. The fourth-order valence-electron chi connectivity index (χ4n) is 4.61. The summed E-state index contributed by atoms with van der Waals surface area (Å²) in [6.07, 6.45) is 1.79. The molecular formula is C36H35N2OPd-. The van der Waals surface area contributed by atoms with Gasteiger partial charge in [-0.3, -0.25) is 9.97 Å². The molecule has 0 saturated carbocycles. The van der Waals surface area contributed by atoms with Crippen molar-refractivity contribution in [2.24, 2.45) is 0 Å². The number of aromatic nitrogens is 2. The van der Waals surface area contributed by atoms with Crippen molar-refractivity contribution in [2.45, 2.75) is 52.4 Å². The number of rotatable bonds is 4. The number of para-hydroxylation sites is 1. The van der Waals surface area contributed by atoms with Crippen molar-refractivity contribution in [1.82, 2.24) is 9.97 Å².